The molecule has 0 heterocycles. The second-order valence-corrected chi connectivity index (χ2v) is 6.69. The predicted molar refractivity (Wildman–Crippen MR) is 87.5 cm³/mol. The van der Waals surface area contributed by atoms with Gasteiger partial charge in [0.05, 0.1) is 5.92 Å². The first-order valence-electron chi connectivity index (χ1n) is 7.31. The molecule has 2 aliphatic carbocycles. The maximum Gasteiger partial charge on any atom is 0.227 e. The van der Waals surface area contributed by atoms with Gasteiger partial charge in [0.15, 0.2) is 0 Å². The van der Waals surface area contributed by atoms with E-state index in [4.69, 9.17) is 17.3 Å². The van der Waals surface area contributed by atoms with E-state index in [0.717, 1.165) is 17.0 Å². The first kappa shape index (κ1) is 16.6. The van der Waals surface area contributed by atoms with Crippen molar-refractivity contribution in [1.29, 1.82) is 0 Å². The van der Waals surface area contributed by atoms with Gasteiger partial charge in [-0.3, -0.25) is 4.79 Å². The second-order valence-electron chi connectivity index (χ2n) is 6.26. The van der Waals surface area contributed by atoms with Gasteiger partial charge in [-0.2, -0.15) is 0 Å². The molecule has 2 fully saturated rings. The van der Waals surface area contributed by atoms with Crippen molar-refractivity contribution in [1.82, 2.24) is 4.90 Å². The lowest BCUT2D eigenvalue weighted by Gasteiger charge is -2.30. The standard InChI is InChI=1S/C16H21ClN2O.ClH/c1-19(9-10-2-6-13(17)7-3-10)16(20)14-11-4-5-12(8-11)15(14)18;/h2-3,6-7,11-12,14-15H,4-5,8-9,18H2,1H3;1H. The van der Waals surface area contributed by atoms with Gasteiger partial charge in [0.1, 0.15) is 0 Å². The van der Waals surface area contributed by atoms with E-state index >= 15 is 0 Å². The number of hydrogen-bond acceptors (Lipinski definition) is 2. The van der Waals surface area contributed by atoms with Gasteiger partial charge >= 0.3 is 0 Å². The van der Waals surface area contributed by atoms with Crippen LogP contribution in [0.15, 0.2) is 24.3 Å². The third-order valence-electron chi connectivity index (χ3n) is 4.97. The molecular formula is C16H22Cl2N2O. The summed E-state index contributed by atoms with van der Waals surface area (Å²) in [5, 5.41) is 0.720. The predicted octanol–water partition coefficient (Wildman–Crippen LogP) is 3.09. The molecular weight excluding hydrogens is 307 g/mol. The van der Waals surface area contributed by atoms with E-state index in [0.29, 0.717) is 18.4 Å². The zero-order valence-electron chi connectivity index (χ0n) is 12.2. The number of fused-ring (bicyclic) bond motifs is 2. The molecule has 2 aliphatic rings. The summed E-state index contributed by atoms with van der Waals surface area (Å²) in [6.07, 6.45) is 3.52. The van der Waals surface area contributed by atoms with Crippen molar-refractivity contribution in [3.05, 3.63) is 34.9 Å². The number of carbonyl (C=O) groups is 1. The molecule has 0 radical (unpaired) electrons. The molecule has 1 amide bonds. The molecule has 3 rings (SSSR count). The normalized spacial score (nSPS) is 30.0. The molecule has 21 heavy (non-hydrogen) atoms. The molecule has 0 saturated heterocycles. The Hall–Kier alpha value is -0.770. The molecule has 4 unspecified atom stereocenters. The van der Waals surface area contributed by atoms with Crippen LogP contribution in [0.25, 0.3) is 0 Å². The van der Waals surface area contributed by atoms with Gasteiger partial charge < -0.3 is 10.6 Å². The molecule has 2 bridgehead atoms. The highest BCUT2D eigenvalue weighted by molar-refractivity contribution is 6.30. The summed E-state index contributed by atoms with van der Waals surface area (Å²) < 4.78 is 0. The smallest absolute Gasteiger partial charge is 0.227 e. The number of nitrogens with two attached hydrogens (primary N) is 1. The third kappa shape index (κ3) is 3.20. The van der Waals surface area contributed by atoms with Gasteiger partial charge in [0, 0.05) is 24.7 Å². The van der Waals surface area contributed by atoms with Crippen molar-refractivity contribution in [2.24, 2.45) is 23.5 Å². The van der Waals surface area contributed by atoms with E-state index < -0.39 is 0 Å². The summed E-state index contributed by atoms with van der Waals surface area (Å²) in [6.45, 7) is 0.622. The number of halogens is 2. The minimum absolute atomic E-state index is 0. The molecule has 0 aromatic heterocycles. The van der Waals surface area contributed by atoms with E-state index in [1.165, 1.54) is 12.8 Å². The number of carbonyl (C=O) groups excluding carboxylic acids is 1. The van der Waals surface area contributed by atoms with Gasteiger partial charge in [-0.05, 0) is 48.8 Å². The van der Waals surface area contributed by atoms with E-state index in [1.807, 2.05) is 36.2 Å². The Kier molecular flexibility index (Phi) is 5.18. The van der Waals surface area contributed by atoms with Crippen LogP contribution in [0, 0.1) is 17.8 Å². The summed E-state index contributed by atoms with van der Waals surface area (Å²) in [5.41, 5.74) is 7.35. The van der Waals surface area contributed by atoms with E-state index in [9.17, 15) is 4.79 Å². The summed E-state index contributed by atoms with van der Waals surface area (Å²) >= 11 is 5.88. The summed E-state index contributed by atoms with van der Waals surface area (Å²) in [5.74, 6) is 1.32. The fourth-order valence-electron chi connectivity index (χ4n) is 3.90. The molecule has 2 N–H and O–H groups in total. The highest BCUT2D eigenvalue weighted by Gasteiger charge is 2.49. The SMILES string of the molecule is CN(Cc1ccc(Cl)cc1)C(=O)C1C2CCC(C2)C1N.Cl. The zero-order chi connectivity index (χ0) is 14.3. The van der Waals surface area contributed by atoms with Crippen molar-refractivity contribution in [2.45, 2.75) is 31.8 Å². The number of rotatable bonds is 3. The van der Waals surface area contributed by atoms with Crippen molar-refractivity contribution in [3.63, 3.8) is 0 Å². The van der Waals surface area contributed by atoms with Crippen molar-refractivity contribution in [2.75, 3.05) is 7.05 Å². The molecule has 1 aromatic carbocycles. The lowest BCUT2D eigenvalue weighted by molar-refractivity contribution is -0.137. The van der Waals surface area contributed by atoms with E-state index in [-0.39, 0.29) is 30.3 Å². The van der Waals surface area contributed by atoms with Crippen LogP contribution in [-0.4, -0.2) is 23.9 Å². The third-order valence-corrected chi connectivity index (χ3v) is 5.23. The van der Waals surface area contributed by atoms with Crippen molar-refractivity contribution in [3.8, 4) is 0 Å². The minimum Gasteiger partial charge on any atom is -0.341 e. The van der Waals surface area contributed by atoms with Crippen LogP contribution < -0.4 is 5.73 Å². The van der Waals surface area contributed by atoms with Crippen LogP contribution in [0.1, 0.15) is 24.8 Å². The van der Waals surface area contributed by atoms with Gasteiger partial charge in [-0.15, -0.1) is 12.4 Å². The number of hydrogen-bond donors (Lipinski definition) is 1. The average molecular weight is 329 g/mol. The first-order valence-corrected chi connectivity index (χ1v) is 7.69. The molecule has 4 atom stereocenters. The summed E-state index contributed by atoms with van der Waals surface area (Å²) in [4.78, 5) is 14.5. The van der Waals surface area contributed by atoms with Crippen molar-refractivity contribution < 1.29 is 4.79 Å². The molecule has 2 saturated carbocycles. The maximum absolute atomic E-state index is 12.6. The molecule has 3 nitrogen and oxygen atoms in total. The Labute approximate surface area is 137 Å². The Morgan fingerprint density at radius 2 is 1.90 bits per heavy atom. The summed E-state index contributed by atoms with van der Waals surface area (Å²) in [7, 11) is 1.87. The zero-order valence-corrected chi connectivity index (χ0v) is 13.7. The van der Waals surface area contributed by atoms with Crippen LogP contribution in [0.2, 0.25) is 5.02 Å². The quantitative estimate of drug-likeness (QED) is 0.926. The Morgan fingerprint density at radius 1 is 1.29 bits per heavy atom. The van der Waals surface area contributed by atoms with E-state index in [2.05, 4.69) is 0 Å². The molecule has 0 spiro atoms. The highest BCUT2D eigenvalue weighted by Crippen LogP contribution is 2.48. The molecule has 0 aliphatic heterocycles. The fourth-order valence-corrected chi connectivity index (χ4v) is 4.02. The Bertz CT molecular complexity index is 504. The Morgan fingerprint density at radius 3 is 2.48 bits per heavy atom. The Balaban J connectivity index is 0.00000161. The fraction of sp³-hybridized carbons (Fsp3) is 0.562. The molecule has 1 aromatic rings. The lowest BCUT2D eigenvalue weighted by Crippen LogP contribution is -2.45. The summed E-state index contributed by atoms with van der Waals surface area (Å²) in [6, 6.07) is 7.71. The largest absolute Gasteiger partial charge is 0.341 e. The van der Waals surface area contributed by atoms with Gasteiger partial charge in [-0.25, -0.2) is 0 Å². The van der Waals surface area contributed by atoms with Gasteiger partial charge in [0.2, 0.25) is 5.91 Å². The maximum atomic E-state index is 12.6. The van der Waals surface area contributed by atoms with Crippen LogP contribution in [0.3, 0.4) is 0 Å². The topological polar surface area (TPSA) is 46.3 Å². The monoisotopic (exact) mass is 328 g/mol. The van der Waals surface area contributed by atoms with E-state index in [1.54, 1.807) is 0 Å². The second kappa shape index (κ2) is 6.55. The number of amides is 1. The highest BCUT2D eigenvalue weighted by atomic mass is 35.5. The number of benzene rings is 1. The minimum atomic E-state index is 0. The van der Waals surface area contributed by atoms with Crippen LogP contribution in [0.5, 0.6) is 0 Å². The average Bonchev–Trinajstić information content (AvgIpc) is 3.01. The first-order chi connectivity index (χ1) is 9.56. The molecule has 5 heteroatoms. The van der Waals surface area contributed by atoms with Crippen LogP contribution >= 0.6 is 24.0 Å². The number of nitrogens with zero attached hydrogens (tertiary/aromatic N) is 1. The molecule has 116 valence electrons. The van der Waals surface area contributed by atoms with Gasteiger partial charge in [-0.1, -0.05) is 23.7 Å². The van der Waals surface area contributed by atoms with Crippen LogP contribution in [-0.2, 0) is 11.3 Å². The van der Waals surface area contributed by atoms with Crippen molar-refractivity contribution >= 4 is 29.9 Å². The lowest BCUT2D eigenvalue weighted by atomic mass is 9.84. The van der Waals surface area contributed by atoms with Gasteiger partial charge in [0.25, 0.3) is 0 Å². The van der Waals surface area contributed by atoms with Crippen LogP contribution in [0.4, 0.5) is 0 Å².